The van der Waals surface area contributed by atoms with Crippen molar-refractivity contribution in [1.82, 2.24) is 4.90 Å². The molecule has 35 heavy (non-hydrogen) atoms. The Bertz CT molecular complexity index is 1060. The third-order valence-electron chi connectivity index (χ3n) is 5.83. The second-order valence-electron chi connectivity index (χ2n) is 9.93. The second kappa shape index (κ2) is 11.9. The summed E-state index contributed by atoms with van der Waals surface area (Å²) in [5, 5.41) is 2.73. The van der Waals surface area contributed by atoms with Gasteiger partial charge in [-0.2, -0.15) is 0 Å². The Labute approximate surface area is 207 Å². The second-order valence-corrected chi connectivity index (χ2v) is 9.93. The molecule has 0 fully saturated rings. The van der Waals surface area contributed by atoms with Crippen molar-refractivity contribution in [2.24, 2.45) is 0 Å². The van der Waals surface area contributed by atoms with Crippen molar-refractivity contribution in [3.63, 3.8) is 0 Å². The zero-order valence-corrected chi connectivity index (χ0v) is 21.2. The Kier molecular flexibility index (Phi) is 8.90. The van der Waals surface area contributed by atoms with Crippen LogP contribution in [-0.2, 0) is 16.0 Å². The number of anilines is 1. The number of hydrogen-bond donors (Lipinski definition) is 1. The van der Waals surface area contributed by atoms with Gasteiger partial charge in [-0.25, -0.2) is 4.79 Å². The van der Waals surface area contributed by atoms with E-state index in [9.17, 15) is 14.4 Å². The molecule has 0 radical (unpaired) electrons. The van der Waals surface area contributed by atoms with Crippen LogP contribution >= 0.6 is 0 Å². The zero-order chi connectivity index (χ0) is 25.4. The largest absolute Gasteiger partial charge is 0.482 e. The molecule has 1 aliphatic heterocycles. The molecule has 0 saturated heterocycles. The van der Waals surface area contributed by atoms with Gasteiger partial charge in [0, 0.05) is 25.1 Å². The monoisotopic (exact) mass is 480 g/mol. The highest BCUT2D eigenvalue weighted by Crippen LogP contribution is 2.29. The van der Waals surface area contributed by atoms with E-state index in [0.717, 1.165) is 25.7 Å². The van der Waals surface area contributed by atoms with Crippen LogP contribution in [-0.4, -0.2) is 48.0 Å². The van der Waals surface area contributed by atoms with Gasteiger partial charge in [-0.05, 0) is 76.3 Å². The quantitative estimate of drug-likeness (QED) is 0.356. The molecule has 188 valence electrons. The number of amides is 2. The van der Waals surface area contributed by atoms with Crippen LogP contribution in [0.3, 0.4) is 0 Å². The normalized spacial score (nSPS) is 12.9. The van der Waals surface area contributed by atoms with Gasteiger partial charge in [0.25, 0.3) is 5.91 Å². The molecule has 7 nitrogen and oxygen atoms in total. The number of ether oxygens (including phenoxy) is 2. The smallest absolute Gasteiger partial charge is 0.410 e. The van der Waals surface area contributed by atoms with Crippen LogP contribution < -0.4 is 10.1 Å². The molecule has 0 aromatic heterocycles. The topological polar surface area (TPSA) is 84.9 Å². The number of unbranched alkanes of at least 4 members (excludes halogenated alkanes) is 2. The van der Waals surface area contributed by atoms with Crippen LogP contribution in [0.4, 0.5) is 10.5 Å². The summed E-state index contributed by atoms with van der Waals surface area (Å²) in [6.07, 6.45) is 3.19. The van der Waals surface area contributed by atoms with Gasteiger partial charge in [0.15, 0.2) is 12.4 Å². The Morgan fingerprint density at radius 3 is 2.57 bits per heavy atom. The van der Waals surface area contributed by atoms with Crippen LogP contribution in [0.2, 0.25) is 0 Å². The minimum atomic E-state index is -0.552. The molecule has 1 aliphatic rings. The number of ketones is 1. The molecule has 0 spiro atoms. The van der Waals surface area contributed by atoms with Gasteiger partial charge in [0.2, 0.25) is 0 Å². The van der Waals surface area contributed by atoms with E-state index >= 15 is 0 Å². The van der Waals surface area contributed by atoms with Crippen molar-refractivity contribution in [3.05, 3.63) is 59.2 Å². The minimum Gasteiger partial charge on any atom is -0.482 e. The number of rotatable bonds is 10. The number of aryl methyl sites for hydroxylation is 1. The standard InChI is InChI=1S/C28H36N2O5/c1-20-10-7-8-11-21(20)15-17-30(27(33)35-28(2,3)4)16-9-5-6-12-24(31)22-13-14-25-23(18-22)29-26(32)19-34-25/h7-8,10-11,13-14,18H,5-6,9,12,15-17,19H2,1-4H3,(H,29,32). The Morgan fingerprint density at radius 2 is 1.83 bits per heavy atom. The van der Waals surface area contributed by atoms with Crippen molar-refractivity contribution in [2.75, 3.05) is 25.0 Å². The highest BCUT2D eigenvalue weighted by molar-refractivity contribution is 6.00. The third kappa shape index (κ3) is 8.12. The van der Waals surface area contributed by atoms with Crippen molar-refractivity contribution in [3.8, 4) is 5.75 Å². The SMILES string of the molecule is Cc1ccccc1CCN(CCCCCC(=O)c1ccc2c(c1)NC(=O)CO2)C(=O)OC(C)(C)C. The summed E-state index contributed by atoms with van der Waals surface area (Å²) in [6, 6.07) is 13.3. The number of benzene rings is 2. The molecule has 0 aliphatic carbocycles. The lowest BCUT2D eigenvalue weighted by molar-refractivity contribution is -0.118. The minimum absolute atomic E-state index is 0.00837. The van der Waals surface area contributed by atoms with Crippen LogP contribution in [0.5, 0.6) is 5.75 Å². The maximum atomic E-state index is 12.8. The molecule has 0 saturated carbocycles. The average molecular weight is 481 g/mol. The summed E-state index contributed by atoms with van der Waals surface area (Å²) in [5.74, 6) is 0.379. The van der Waals surface area contributed by atoms with E-state index in [-0.39, 0.29) is 24.4 Å². The van der Waals surface area contributed by atoms with Crippen molar-refractivity contribution in [1.29, 1.82) is 0 Å². The highest BCUT2D eigenvalue weighted by Gasteiger charge is 2.22. The van der Waals surface area contributed by atoms with Gasteiger partial charge in [0.1, 0.15) is 11.4 Å². The number of nitrogens with zero attached hydrogens (tertiary/aromatic N) is 1. The van der Waals surface area contributed by atoms with Crippen LogP contribution in [0.15, 0.2) is 42.5 Å². The van der Waals surface area contributed by atoms with Gasteiger partial charge in [-0.1, -0.05) is 30.7 Å². The van der Waals surface area contributed by atoms with Crippen LogP contribution in [0.25, 0.3) is 0 Å². The molecule has 2 amide bonds. The first kappa shape index (κ1) is 26.3. The molecule has 0 atom stereocenters. The van der Waals surface area contributed by atoms with Gasteiger partial charge in [-0.15, -0.1) is 0 Å². The maximum absolute atomic E-state index is 12.8. The Balaban J connectivity index is 1.48. The summed E-state index contributed by atoms with van der Waals surface area (Å²) < 4.78 is 11.0. The number of fused-ring (bicyclic) bond motifs is 1. The lowest BCUT2D eigenvalue weighted by Gasteiger charge is -2.27. The lowest BCUT2D eigenvalue weighted by Crippen LogP contribution is -2.38. The number of nitrogens with one attached hydrogen (secondary N) is 1. The average Bonchev–Trinajstić information content (AvgIpc) is 2.79. The van der Waals surface area contributed by atoms with Crippen molar-refractivity contribution in [2.45, 2.75) is 65.4 Å². The molecule has 3 rings (SSSR count). The molecule has 0 unspecified atom stereocenters. The molecule has 2 aromatic carbocycles. The summed E-state index contributed by atoms with van der Waals surface area (Å²) in [4.78, 5) is 38.7. The molecular weight excluding hydrogens is 444 g/mol. The van der Waals surface area contributed by atoms with Crippen LogP contribution in [0.1, 0.15) is 67.9 Å². The number of hydrogen-bond acceptors (Lipinski definition) is 5. The first-order valence-corrected chi connectivity index (χ1v) is 12.2. The van der Waals surface area contributed by atoms with Gasteiger partial charge in [-0.3, -0.25) is 9.59 Å². The number of carbonyl (C=O) groups excluding carboxylic acids is 3. The van der Waals surface area contributed by atoms with Crippen molar-refractivity contribution >= 4 is 23.5 Å². The lowest BCUT2D eigenvalue weighted by atomic mass is 10.0. The first-order chi connectivity index (χ1) is 16.6. The summed E-state index contributed by atoms with van der Waals surface area (Å²) in [6.45, 7) is 8.84. The number of Topliss-reactive ketones (excluding diaryl/α,β-unsaturated/α-hetero) is 1. The third-order valence-corrected chi connectivity index (χ3v) is 5.83. The highest BCUT2D eigenvalue weighted by atomic mass is 16.6. The van der Waals surface area contributed by atoms with Gasteiger partial charge < -0.3 is 19.7 Å². The van der Waals surface area contributed by atoms with E-state index in [1.165, 1.54) is 11.1 Å². The van der Waals surface area contributed by atoms with E-state index in [1.807, 2.05) is 32.9 Å². The maximum Gasteiger partial charge on any atom is 0.410 e. The van der Waals surface area contributed by atoms with E-state index < -0.39 is 5.60 Å². The fourth-order valence-electron chi connectivity index (χ4n) is 3.93. The molecule has 2 aromatic rings. The number of carbonyl (C=O) groups is 3. The van der Waals surface area contributed by atoms with E-state index in [4.69, 9.17) is 9.47 Å². The van der Waals surface area contributed by atoms with Crippen molar-refractivity contribution < 1.29 is 23.9 Å². The predicted octanol–water partition coefficient (Wildman–Crippen LogP) is 5.55. The van der Waals surface area contributed by atoms with Gasteiger partial charge in [0.05, 0.1) is 5.69 Å². The predicted molar refractivity (Wildman–Crippen MR) is 136 cm³/mol. The fraction of sp³-hybridized carbons (Fsp3) is 0.464. The van der Waals surface area contributed by atoms with Crippen LogP contribution in [0, 0.1) is 6.92 Å². The van der Waals surface area contributed by atoms with E-state index in [1.54, 1.807) is 23.1 Å². The molecular formula is C28H36N2O5. The zero-order valence-electron chi connectivity index (χ0n) is 21.2. The summed E-state index contributed by atoms with van der Waals surface area (Å²) in [7, 11) is 0. The summed E-state index contributed by atoms with van der Waals surface area (Å²) >= 11 is 0. The van der Waals surface area contributed by atoms with E-state index in [0.29, 0.717) is 36.5 Å². The Morgan fingerprint density at radius 1 is 1.06 bits per heavy atom. The van der Waals surface area contributed by atoms with Gasteiger partial charge >= 0.3 is 6.09 Å². The first-order valence-electron chi connectivity index (χ1n) is 12.2. The molecule has 7 heteroatoms. The Hall–Kier alpha value is -3.35. The molecule has 0 bridgehead atoms. The molecule has 1 heterocycles. The summed E-state index contributed by atoms with van der Waals surface area (Å²) in [5.41, 5.74) is 2.97. The molecule has 1 N–H and O–H groups in total. The van der Waals surface area contributed by atoms with E-state index in [2.05, 4.69) is 24.4 Å². The fourth-order valence-corrected chi connectivity index (χ4v) is 3.93.